The Morgan fingerprint density at radius 3 is 2.53 bits per heavy atom. The number of nitrogens with one attached hydrogen (secondary N) is 1. The number of hydrogen-bond acceptors (Lipinski definition) is 1. The Kier molecular flexibility index (Phi) is 4.91. The fourth-order valence-corrected chi connectivity index (χ4v) is 1.70. The van der Waals surface area contributed by atoms with Gasteiger partial charge in [-0.15, -0.1) is 0 Å². The Morgan fingerprint density at radius 1 is 1.37 bits per heavy atom. The summed E-state index contributed by atoms with van der Waals surface area (Å²) >= 11 is 0. The monoisotopic (exact) mass is 277 g/mol. The van der Waals surface area contributed by atoms with E-state index in [1.54, 1.807) is 6.92 Å². The fourth-order valence-electron chi connectivity index (χ4n) is 1.70. The predicted molar refractivity (Wildman–Crippen MR) is 63.2 cm³/mol. The molecule has 1 aromatic rings. The Balaban J connectivity index is 2.93. The van der Waals surface area contributed by atoms with Gasteiger partial charge >= 0.3 is 6.18 Å². The van der Waals surface area contributed by atoms with Crippen LogP contribution in [-0.4, -0.2) is 11.9 Å². The zero-order valence-corrected chi connectivity index (χ0v) is 10.6. The van der Waals surface area contributed by atoms with Crippen molar-refractivity contribution >= 4 is 5.91 Å². The van der Waals surface area contributed by atoms with Gasteiger partial charge in [0.15, 0.2) is 0 Å². The minimum Gasteiger partial charge on any atom is -0.350 e. The maximum atomic E-state index is 13.1. The number of hydrogen-bond donors (Lipinski definition) is 1. The Hall–Kier alpha value is -1.59. The van der Waals surface area contributed by atoms with Crippen LogP contribution in [0.3, 0.4) is 0 Å². The minimum atomic E-state index is -4.81. The molecular weight excluding hydrogens is 262 g/mol. The first-order valence-electron chi connectivity index (χ1n) is 5.93. The molecule has 0 aliphatic heterocycles. The summed E-state index contributed by atoms with van der Waals surface area (Å²) in [4.78, 5) is 11.7. The van der Waals surface area contributed by atoms with Crippen LogP contribution in [0.4, 0.5) is 17.6 Å². The standard InChI is InChI=1S/C13H15F4NO/c1-3-4-8(2)18-12(19)9-5-6-11(14)10(7-9)13(15,16)17/h5-8H,3-4H2,1-2H3,(H,18,19). The summed E-state index contributed by atoms with van der Waals surface area (Å²) in [5.74, 6) is -2.02. The lowest BCUT2D eigenvalue weighted by molar-refractivity contribution is -0.140. The summed E-state index contributed by atoms with van der Waals surface area (Å²) < 4.78 is 50.6. The highest BCUT2D eigenvalue weighted by Gasteiger charge is 2.34. The number of halogens is 4. The normalized spacial score (nSPS) is 13.2. The molecule has 1 unspecified atom stereocenters. The summed E-state index contributed by atoms with van der Waals surface area (Å²) in [6.45, 7) is 3.69. The fraction of sp³-hybridized carbons (Fsp3) is 0.462. The second-order valence-corrected chi connectivity index (χ2v) is 4.36. The van der Waals surface area contributed by atoms with E-state index in [0.717, 1.165) is 18.9 Å². The molecule has 1 amide bonds. The highest BCUT2D eigenvalue weighted by atomic mass is 19.4. The third kappa shape index (κ3) is 4.22. The first kappa shape index (κ1) is 15.5. The highest BCUT2D eigenvalue weighted by molar-refractivity contribution is 5.94. The lowest BCUT2D eigenvalue weighted by Gasteiger charge is -2.14. The summed E-state index contributed by atoms with van der Waals surface area (Å²) in [6, 6.07) is 2.08. The second-order valence-electron chi connectivity index (χ2n) is 4.36. The molecule has 1 aromatic carbocycles. The van der Waals surface area contributed by atoms with Crippen LogP contribution in [0, 0.1) is 5.82 Å². The summed E-state index contributed by atoms with van der Waals surface area (Å²) in [5.41, 5.74) is -1.63. The molecular formula is C13H15F4NO. The summed E-state index contributed by atoms with van der Waals surface area (Å²) in [5, 5.41) is 2.57. The first-order valence-corrected chi connectivity index (χ1v) is 5.93. The predicted octanol–water partition coefficient (Wildman–Crippen LogP) is 3.76. The van der Waals surface area contributed by atoms with Gasteiger partial charge in [0.1, 0.15) is 5.82 Å². The van der Waals surface area contributed by atoms with E-state index in [0.29, 0.717) is 12.1 Å². The van der Waals surface area contributed by atoms with E-state index in [9.17, 15) is 22.4 Å². The molecule has 0 aliphatic rings. The van der Waals surface area contributed by atoms with Gasteiger partial charge in [0.25, 0.3) is 5.91 Å². The average Bonchev–Trinajstić information content (AvgIpc) is 2.27. The van der Waals surface area contributed by atoms with E-state index >= 15 is 0 Å². The molecule has 0 heterocycles. The molecule has 1 N–H and O–H groups in total. The van der Waals surface area contributed by atoms with Gasteiger partial charge in [-0.1, -0.05) is 13.3 Å². The molecule has 0 aliphatic carbocycles. The molecule has 0 spiro atoms. The second kappa shape index (κ2) is 6.04. The molecule has 106 valence electrons. The van der Waals surface area contributed by atoms with Crippen molar-refractivity contribution in [3.8, 4) is 0 Å². The largest absolute Gasteiger partial charge is 0.419 e. The molecule has 0 saturated carbocycles. The number of benzene rings is 1. The van der Waals surface area contributed by atoms with E-state index in [-0.39, 0.29) is 11.6 Å². The van der Waals surface area contributed by atoms with Crippen molar-refractivity contribution in [3.63, 3.8) is 0 Å². The molecule has 0 aromatic heterocycles. The van der Waals surface area contributed by atoms with Crippen molar-refractivity contribution in [1.82, 2.24) is 5.32 Å². The average molecular weight is 277 g/mol. The number of carbonyl (C=O) groups excluding carboxylic acids is 1. The van der Waals surface area contributed by atoms with Crippen LogP contribution in [0.25, 0.3) is 0 Å². The maximum absolute atomic E-state index is 13.1. The summed E-state index contributed by atoms with van der Waals surface area (Å²) in [7, 11) is 0. The molecule has 6 heteroatoms. The van der Waals surface area contributed by atoms with E-state index < -0.39 is 23.5 Å². The first-order chi connectivity index (χ1) is 8.75. The van der Waals surface area contributed by atoms with Crippen LogP contribution in [-0.2, 0) is 6.18 Å². The van der Waals surface area contributed by atoms with Gasteiger partial charge in [0, 0.05) is 11.6 Å². The number of rotatable bonds is 4. The maximum Gasteiger partial charge on any atom is 0.419 e. The quantitative estimate of drug-likeness (QED) is 0.834. The van der Waals surface area contributed by atoms with Gasteiger partial charge in [-0.05, 0) is 31.5 Å². The van der Waals surface area contributed by atoms with Gasteiger partial charge in [0.2, 0.25) is 0 Å². The van der Waals surface area contributed by atoms with E-state index in [1.807, 2.05) is 6.92 Å². The van der Waals surface area contributed by atoms with Crippen LogP contribution < -0.4 is 5.32 Å². The molecule has 1 atom stereocenters. The SMILES string of the molecule is CCCC(C)NC(=O)c1ccc(F)c(C(F)(F)F)c1. The molecule has 0 bridgehead atoms. The van der Waals surface area contributed by atoms with Crippen LogP contribution in [0.15, 0.2) is 18.2 Å². The zero-order chi connectivity index (χ0) is 14.6. The van der Waals surface area contributed by atoms with Crippen molar-refractivity contribution in [2.45, 2.75) is 38.9 Å². The van der Waals surface area contributed by atoms with Gasteiger partial charge < -0.3 is 5.32 Å². The van der Waals surface area contributed by atoms with Crippen molar-refractivity contribution in [2.75, 3.05) is 0 Å². The van der Waals surface area contributed by atoms with Gasteiger partial charge in [0.05, 0.1) is 5.56 Å². The van der Waals surface area contributed by atoms with Crippen LogP contribution in [0.1, 0.15) is 42.6 Å². The lowest BCUT2D eigenvalue weighted by Crippen LogP contribution is -2.32. The number of alkyl halides is 3. The summed E-state index contributed by atoms with van der Waals surface area (Å²) in [6.07, 6.45) is -3.24. The van der Waals surface area contributed by atoms with Crippen LogP contribution in [0.5, 0.6) is 0 Å². The van der Waals surface area contributed by atoms with Gasteiger partial charge in [-0.25, -0.2) is 4.39 Å². The topological polar surface area (TPSA) is 29.1 Å². The van der Waals surface area contributed by atoms with Gasteiger partial charge in [-0.3, -0.25) is 4.79 Å². The van der Waals surface area contributed by atoms with E-state index in [4.69, 9.17) is 0 Å². The molecule has 19 heavy (non-hydrogen) atoms. The van der Waals surface area contributed by atoms with Crippen molar-refractivity contribution in [2.24, 2.45) is 0 Å². The lowest BCUT2D eigenvalue weighted by atomic mass is 10.1. The van der Waals surface area contributed by atoms with Crippen molar-refractivity contribution in [3.05, 3.63) is 35.1 Å². The minimum absolute atomic E-state index is 0.142. The third-order valence-electron chi connectivity index (χ3n) is 2.63. The smallest absolute Gasteiger partial charge is 0.350 e. The molecule has 0 fully saturated rings. The highest BCUT2D eigenvalue weighted by Crippen LogP contribution is 2.31. The third-order valence-corrected chi connectivity index (χ3v) is 2.63. The van der Waals surface area contributed by atoms with Crippen molar-refractivity contribution in [1.29, 1.82) is 0 Å². The number of amides is 1. The number of carbonyl (C=O) groups is 1. The van der Waals surface area contributed by atoms with E-state index in [2.05, 4.69) is 5.32 Å². The Labute approximate surface area is 108 Å². The molecule has 0 radical (unpaired) electrons. The van der Waals surface area contributed by atoms with Crippen LogP contribution in [0.2, 0.25) is 0 Å². The van der Waals surface area contributed by atoms with Crippen LogP contribution >= 0.6 is 0 Å². The molecule has 0 saturated heterocycles. The van der Waals surface area contributed by atoms with Crippen molar-refractivity contribution < 1.29 is 22.4 Å². The molecule has 2 nitrogen and oxygen atoms in total. The van der Waals surface area contributed by atoms with Gasteiger partial charge in [-0.2, -0.15) is 13.2 Å². The molecule has 1 rings (SSSR count). The zero-order valence-electron chi connectivity index (χ0n) is 10.6. The Morgan fingerprint density at radius 2 is 2.00 bits per heavy atom. The Bertz CT molecular complexity index is 456. The van der Waals surface area contributed by atoms with E-state index in [1.165, 1.54) is 0 Å².